The smallest absolute Gasteiger partial charge is 0.263 e. The molecule has 0 aliphatic rings. The van der Waals surface area contributed by atoms with Crippen LogP contribution in [0.15, 0.2) is 28.1 Å². The van der Waals surface area contributed by atoms with Gasteiger partial charge in [-0.1, -0.05) is 43.0 Å². The minimum atomic E-state index is -0.187. The summed E-state index contributed by atoms with van der Waals surface area (Å²) in [6.45, 7) is 4.80. The normalized spacial score (nSPS) is 11.4. The molecule has 0 atom stereocenters. The predicted molar refractivity (Wildman–Crippen MR) is 93.0 cm³/mol. The molecule has 0 aliphatic carbocycles. The average molecular weight is 316 g/mol. The molecule has 0 aliphatic heterocycles. The molecule has 2 aromatic rings. The van der Waals surface area contributed by atoms with Gasteiger partial charge in [-0.05, 0) is 25.5 Å². The van der Waals surface area contributed by atoms with Crippen LogP contribution in [0, 0.1) is 6.92 Å². The van der Waals surface area contributed by atoms with Crippen molar-refractivity contribution in [3.05, 3.63) is 39.7 Å². The fraction of sp³-hybridized carbons (Fsp3) is 0.444. The number of oxime groups is 1. The Balaban J connectivity index is 2.64. The highest BCUT2D eigenvalue weighted by molar-refractivity contribution is 5.95. The van der Waals surface area contributed by atoms with Gasteiger partial charge in [-0.25, -0.2) is 0 Å². The summed E-state index contributed by atoms with van der Waals surface area (Å²) >= 11 is 0. The zero-order chi connectivity index (χ0) is 16.8. The highest BCUT2D eigenvalue weighted by Gasteiger charge is 2.16. The Kier molecular flexibility index (Phi) is 5.79. The summed E-state index contributed by atoms with van der Waals surface area (Å²) in [5.74, 6) is 0.455. The van der Waals surface area contributed by atoms with E-state index in [0.29, 0.717) is 12.3 Å². The van der Waals surface area contributed by atoms with Crippen molar-refractivity contribution in [2.24, 2.45) is 5.16 Å². The molecular formula is C18H24N2O3. The number of hydrogen-bond acceptors (Lipinski definition) is 4. The van der Waals surface area contributed by atoms with E-state index in [0.717, 1.165) is 48.4 Å². The number of aromatic nitrogens is 1. The van der Waals surface area contributed by atoms with Crippen molar-refractivity contribution in [3.8, 4) is 5.75 Å². The minimum absolute atomic E-state index is 0.187. The Hall–Kier alpha value is -2.30. The molecule has 1 aromatic heterocycles. The molecule has 1 N–H and O–H groups in total. The molecule has 23 heavy (non-hydrogen) atoms. The second kappa shape index (κ2) is 7.81. The average Bonchev–Trinajstić information content (AvgIpc) is 2.54. The van der Waals surface area contributed by atoms with Gasteiger partial charge in [0.25, 0.3) is 5.56 Å². The number of fused-ring (bicyclic) bond motifs is 1. The summed E-state index contributed by atoms with van der Waals surface area (Å²) in [6.07, 6.45) is 5.50. The van der Waals surface area contributed by atoms with Gasteiger partial charge in [0.05, 0.1) is 18.8 Å². The largest absolute Gasteiger partial charge is 0.495 e. The number of rotatable bonds is 7. The molecule has 0 spiro atoms. The zero-order valence-corrected chi connectivity index (χ0v) is 14.0. The number of methoxy groups -OCH3 is 1. The fourth-order valence-corrected chi connectivity index (χ4v) is 2.87. The maximum Gasteiger partial charge on any atom is 0.263 e. The van der Waals surface area contributed by atoms with Gasteiger partial charge in [-0.3, -0.25) is 4.79 Å². The maximum absolute atomic E-state index is 12.8. The molecule has 0 fully saturated rings. The number of ether oxygens (including phenoxy) is 1. The van der Waals surface area contributed by atoms with E-state index < -0.39 is 0 Å². The number of unbranched alkanes of at least 4 members (excludes halogenated alkanes) is 3. The monoisotopic (exact) mass is 316 g/mol. The van der Waals surface area contributed by atoms with Crippen LogP contribution in [-0.4, -0.2) is 23.1 Å². The van der Waals surface area contributed by atoms with E-state index in [2.05, 4.69) is 12.1 Å². The number of benzene rings is 1. The van der Waals surface area contributed by atoms with Gasteiger partial charge in [0, 0.05) is 11.9 Å². The maximum atomic E-state index is 12.8. The number of aryl methyl sites for hydroxylation is 2. The van der Waals surface area contributed by atoms with E-state index in [1.165, 1.54) is 7.11 Å². The minimum Gasteiger partial charge on any atom is -0.495 e. The standard InChI is InChI=1S/C18H24N2O3/c1-4-5-6-7-10-20-16-9-8-13(2)11-14(16)17(23-3)15(12-19-22)18(20)21/h8-9,11-12,22H,4-7,10H2,1-3H3/b19-12+. The molecule has 124 valence electrons. The summed E-state index contributed by atoms with van der Waals surface area (Å²) in [5.41, 5.74) is 2.03. The topological polar surface area (TPSA) is 63.8 Å². The summed E-state index contributed by atoms with van der Waals surface area (Å²) in [5, 5.41) is 12.8. The lowest BCUT2D eigenvalue weighted by Crippen LogP contribution is -2.25. The van der Waals surface area contributed by atoms with Crippen LogP contribution in [0.5, 0.6) is 5.75 Å². The van der Waals surface area contributed by atoms with Crippen molar-refractivity contribution in [1.82, 2.24) is 4.57 Å². The molecule has 0 amide bonds. The molecule has 0 saturated carbocycles. The highest BCUT2D eigenvalue weighted by atomic mass is 16.5. The quantitative estimate of drug-likeness (QED) is 0.366. The lowest BCUT2D eigenvalue weighted by molar-refractivity contribution is 0.321. The van der Waals surface area contributed by atoms with E-state index in [1.54, 1.807) is 4.57 Å². The second-order valence-electron chi connectivity index (χ2n) is 5.73. The van der Waals surface area contributed by atoms with Crippen LogP contribution in [0.1, 0.15) is 43.7 Å². The van der Waals surface area contributed by atoms with Crippen LogP contribution in [0.3, 0.4) is 0 Å². The predicted octanol–water partition coefficient (Wildman–Crippen LogP) is 3.71. The first-order valence-corrected chi connectivity index (χ1v) is 8.02. The summed E-state index contributed by atoms with van der Waals surface area (Å²) in [6, 6.07) is 5.93. The summed E-state index contributed by atoms with van der Waals surface area (Å²) in [7, 11) is 1.52. The molecule has 0 saturated heterocycles. The Labute approximate surface area is 136 Å². The molecule has 0 radical (unpaired) electrons. The molecule has 5 heteroatoms. The van der Waals surface area contributed by atoms with E-state index in [1.807, 2.05) is 25.1 Å². The van der Waals surface area contributed by atoms with E-state index in [-0.39, 0.29) is 11.1 Å². The summed E-state index contributed by atoms with van der Waals surface area (Å²) < 4.78 is 7.18. The lowest BCUT2D eigenvalue weighted by atomic mass is 10.1. The van der Waals surface area contributed by atoms with E-state index >= 15 is 0 Å². The van der Waals surface area contributed by atoms with Crippen LogP contribution in [0.4, 0.5) is 0 Å². The molecule has 2 rings (SSSR count). The summed E-state index contributed by atoms with van der Waals surface area (Å²) in [4.78, 5) is 12.8. The Morgan fingerprint density at radius 3 is 2.74 bits per heavy atom. The third kappa shape index (κ3) is 3.55. The van der Waals surface area contributed by atoms with Gasteiger partial charge in [0.15, 0.2) is 0 Å². The molecule has 0 bridgehead atoms. The number of hydrogen-bond donors (Lipinski definition) is 1. The Bertz CT molecular complexity index is 763. The van der Waals surface area contributed by atoms with Crippen LogP contribution < -0.4 is 10.3 Å². The first-order valence-electron chi connectivity index (χ1n) is 8.02. The fourth-order valence-electron chi connectivity index (χ4n) is 2.87. The van der Waals surface area contributed by atoms with Gasteiger partial charge >= 0.3 is 0 Å². The third-order valence-electron chi connectivity index (χ3n) is 4.03. The van der Waals surface area contributed by atoms with E-state index in [9.17, 15) is 4.79 Å². The zero-order valence-electron chi connectivity index (χ0n) is 14.0. The van der Waals surface area contributed by atoms with Crippen LogP contribution in [-0.2, 0) is 6.54 Å². The highest BCUT2D eigenvalue weighted by Crippen LogP contribution is 2.28. The van der Waals surface area contributed by atoms with Crippen molar-refractivity contribution >= 4 is 17.1 Å². The third-order valence-corrected chi connectivity index (χ3v) is 4.03. The van der Waals surface area contributed by atoms with Crippen molar-refractivity contribution in [3.63, 3.8) is 0 Å². The van der Waals surface area contributed by atoms with E-state index in [4.69, 9.17) is 9.94 Å². The second-order valence-corrected chi connectivity index (χ2v) is 5.73. The first-order chi connectivity index (χ1) is 11.1. The van der Waals surface area contributed by atoms with Gasteiger partial charge in [-0.15, -0.1) is 0 Å². The Morgan fingerprint density at radius 1 is 1.30 bits per heavy atom. The van der Waals surface area contributed by atoms with Gasteiger partial charge in [-0.2, -0.15) is 0 Å². The van der Waals surface area contributed by atoms with Crippen LogP contribution >= 0.6 is 0 Å². The van der Waals surface area contributed by atoms with Gasteiger partial charge in [0.1, 0.15) is 11.3 Å². The lowest BCUT2D eigenvalue weighted by Gasteiger charge is -2.16. The first kappa shape index (κ1) is 17.1. The van der Waals surface area contributed by atoms with Crippen molar-refractivity contribution in [2.75, 3.05) is 7.11 Å². The van der Waals surface area contributed by atoms with Gasteiger partial charge in [0.2, 0.25) is 0 Å². The number of pyridine rings is 1. The molecule has 0 unspecified atom stereocenters. The molecular weight excluding hydrogens is 292 g/mol. The molecule has 1 aromatic carbocycles. The molecule has 1 heterocycles. The SMILES string of the molecule is CCCCCCn1c(=O)c(/C=N/O)c(OC)c2cc(C)ccc21. The van der Waals surface area contributed by atoms with Crippen LogP contribution in [0.25, 0.3) is 10.9 Å². The van der Waals surface area contributed by atoms with Crippen LogP contribution in [0.2, 0.25) is 0 Å². The number of nitrogens with zero attached hydrogens (tertiary/aromatic N) is 2. The van der Waals surface area contributed by atoms with Crippen molar-refractivity contribution in [1.29, 1.82) is 0 Å². The van der Waals surface area contributed by atoms with Gasteiger partial charge < -0.3 is 14.5 Å². The van der Waals surface area contributed by atoms with Crippen molar-refractivity contribution in [2.45, 2.75) is 46.1 Å². The Morgan fingerprint density at radius 2 is 2.09 bits per heavy atom. The van der Waals surface area contributed by atoms with Crippen molar-refractivity contribution < 1.29 is 9.94 Å². The molecule has 5 nitrogen and oxygen atoms in total.